The number of esters is 1. The van der Waals surface area contributed by atoms with E-state index in [0.29, 0.717) is 6.61 Å². The van der Waals surface area contributed by atoms with E-state index in [4.69, 9.17) is 9.47 Å². The molecule has 0 amide bonds. The maximum Gasteiger partial charge on any atom is 0.310 e. The van der Waals surface area contributed by atoms with Crippen molar-refractivity contribution >= 4 is 5.97 Å². The fraction of sp³-hybridized carbons (Fsp3) is 0.421. The Hall–Kier alpha value is -2.03. The van der Waals surface area contributed by atoms with Crippen LogP contribution in [0, 0.1) is 0 Å². The Balaban J connectivity index is 2.31. The van der Waals surface area contributed by atoms with Gasteiger partial charge in [-0.2, -0.15) is 0 Å². The standard InChI is InChI=1S/C19H26O3/c1-15(2)6-5-7-16(3)12-13-22-19(20)14-17-8-10-18(21-4)11-9-17/h6,8-12H,5,7,13-14H2,1-4H3/b16-12-. The summed E-state index contributed by atoms with van der Waals surface area (Å²) in [7, 11) is 1.62. The molecule has 3 heteroatoms. The van der Waals surface area contributed by atoms with E-state index in [1.807, 2.05) is 30.3 Å². The Bertz CT molecular complexity index is 520. The van der Waals surface area contributed by atoms with Crippen LogP contribution in [0.3, 0.4) is 0 Å². The topological polar surface area (TPSA) is 35.5 Å². The van der Waals surface area contributed by atoms with Crippen LogP contribution in [-0.4, -0.2) is 19.7 Å². The maximum atomic E-state index is 11.8. The summed E-state index contributed by atoms with van der Waals surface area (Å²) in [6, 6.07) is 7.44. The molecule has 0 fully saturated rings. The third-order valence-corrected chi connectivity index (χ3v) is 3.27. The summed E-state index contributed by atoms with van der Waals surface area (Å²) in [6.45, 7) is 6.60. The Kier molecular flexibility index (Phi) is 8.05. The van der Waals surface area contributed by atoms with Crippen molar-refractivity contribution in [3.63, 3.8) is 0 Å². The van der Waals surface area contributed by atoms with Crippen molar-refractivity contribution in [2.75, 3.05) is 13.7 Å². The van der Waals surface area contributed by atoms with E-state index in [2.05, 4.69) is 26.8 Å². The molecular formula is C19H26O3. The van der Waals surface area contributed by atoms with Crippen molar-refractivity contribution in [3.05, 3.63) is 53.1 Å². The lowest BCUT2D eigenvalue weighted by molar-refractivity contribution is -0.141. The molecule has 1 aromatic rings. The van der Waals surface area contributed by atoms with E-state index < -0.39 is 0 Å². The number of methoxy groups -OCH3 is 1. The molecule has 22 heavy (non-hydrogen) atoms. The fourth-order valence-electron chi connectivity index (χ4n) is 1.93. The van der Waals surface area contributed by atoms with Crippen molar-refractivity contribution in [2.24, 2.45) is 0 Å². The Labute approximate surface area is 133 Å². The smallest absolute Gasteiger partial charge is 0.310 e. The fourth-order valence-corrected chi connectivity index (χ4v) is 1.93. The molecule has 0 atom stereocenters. The quantitative estimate of drug-likeness (QED) is 0.525. The first-order valence-corrected chi connectivity index (χ1v) is 7.59. The summed E-state index contributed by atoms with van der Waals surface area (Å²) in [5.41, 5.74) is 3.50. The molecule has 0 aliphatic heterocycles. The average molecular weight is 302 g/mol. The summed E-state index contributed by atoms with van der Waals surface area (Å²) in [5.74, 6) is 0.575. The van der Waals surface area contributed by atoms with Crippen LogP contribution in [0.15, 0.2) is 47.6 Å². The number of hydrogen-bond acceptors (Lipinski definition) is 3. The van der Waals surface area contributed by atoms with Crippen LogP contribution in [0.2, 0.25) is 0 Å². The van der Waals surface area contributed by atoms with E-state index in [9.17, 15) is 4.79 Å². The van der Waals surface area contributed by atoms with Crippen LogP contribution >= 0.6 is 0 Å². The summed E-state index contributed by atoms with van der Waals surface area (Å²) in [4.78, 5) is 11.8. The second-order valence-corrected chi connectivity index (χ2v) is 5.58. The molecule has 0 saturated heterocycles. The molecule has 0 heterocycles. The molecule has 0 saturated carbocycles. The molecular weight excluding hydrogens is 276 g/mol. The van der Waals surface area contributed by atoms with Crippen molar-refractivity contribution in [1.29, 1.82) is 0 Å². The highest BCUT2D eigenvalue weighted by atomic mass is 16.5. The number of benzene rings is 1. The van der Waals surface area contributed by atoms with Gasteiger partial charge in [0.25, 0.3) is 0 Å². The normalized spacial score (nSPS) is 11.0. The zero-order chi connectivity index (χ0) is 16.4. The largest absolute Gasteiger partial charge is 0.497 e. The van der Waals surface area contributed by atoms with Gasteiger partial charge in [0.15, 0.2) is 0 Å². The van der Waals surface area contributed by atoms with Gasteiger partial charge in [0.05, 0.1) is 13.5 Å². The van der Waals surface area contributed by atoms with Crippen LogP contribution in [0.5, 0.6) is 5.75 Å². The van der Waals surface area contributed by atoms with E-state index >= 15 is 0 Å². The zero-order valence-corrected chi connectivity index (χ0v) is 14.0. The first-order valence-electron chi connectivity index (χ1n) is 7.59. The Morgan fingerprint density at radius 2 is 1.77 bits per heavy atom. The highest BCUT2D eigenvalue weighted by molar-refractivity contribution is 5.72. The van der Waals surface area contributed by atoms with Gasteiger partial charge < -0.3 is 9.47 Å². The van der Waals surface area contributed by atoms with Crippen molar-refractivity contribution < 1.29 is 14.3 Å². The SMILES string of the molecule is COc1ccc(CC(=O)OC/C=C(/C)CCC=C(C)C)cc1. The molecule has 120 valence electrons. The van der Waals surface area contributed by atoms with Crippen LogP contribution in [0.4, 0.5) is 0 Å². The number of ether oxygens (including phenoxy) is 2. The van der Waals surface area contributed by atoms with E-state index in [0.717, 1.165) is 24.2 Å². The predicted molar refractivity (Wildman–Crippen MR) is 90.1 cm³/mol. The lowest BCUT2D eigenvalue weighted by atomic mass is 10.1. The zero-order valence-electron chi connectivity index (χ0n) is 14.0. The van der Waals surface area contributed by atoms with Gasteiger partial charge in [-0.15, -0.1) is 0 Å². The van der Waals surface area contributed by atoms with Crippen molar-refractivity contribution in [1.82, 2.24) is 0 Å². The molecule has 3 nitrogen and oxygen atoms in total. The molecule has 0 aliphatic rings. The van der Waals surface area contributed by atoms with Gasteiger partial charge in [-0.3, -0.25) is 4.79 Å². The summed E-state index contributed by atoms with van der Waals surface area (Å²) in [6.07, 6.45) is 6.51. The molecule has 0 bridgehead atoms. The number of allylic oxidation sites excluding steroid dienone is 3. The third kappa shape index (κ3) is 7.67. The Morgan fingerprint density at radius 1 is 1.09 bits per heavy atom. The monoisotopic (exact) mass is 302 g/mol. The molecule has 0 aromatic heterocycles. The highest BCUT2D eigenvalue weighted by Gasteiger charge is 2.04. The van der Waals surface area contributed by atoms with E-state index in [1.165, 1.54) is 11.1 Å². The molecule has 0 N–H and O–H groups in total. The Morgan fingerprint density at radius 3 is 2.36 bits per heavy atom. The van der Waals surface area contributed by atoms with Gasteiger partial charge in [-0.1, -0.05) is 29.4 Å². The molecule has 0 unspecified atom stereocenters. The number of carbonyl (C=O) groups excluding carboxylic acids is 1. The maximum absolute atomic E-state index is 11.8. The van der Waals surface area contributed by atoms with Gasteiger partial charge in [-0.25, -0.2) is 0 Å². The summed E-state index contributed by atoms with van der Waals surface area (Å²) in [5, 5.41) is 0. The van der Waals surface area contributed by atoms with E-state index in [-0.39, 0.29) is 12.4 Å². The molecule has 0 spiro atoms. The van der Waals surface area contributed by atoms with Gasteiger partial charge in [0.2, 0.25) is 0 Å². The van der Waals surface area contributed by atoms with E-state index in [1.54, 1.807) is 7.11 Å². The van der Waals surface area contributed by atoms with Crippen LogP contribution in [-0.2, 0) is 16.0 Å². The summed E-state index contributed by atoms with van der Waals surface area (Å²) >= 11 is 0. The number of rotatable bonds is 8. The van der Waals surface area contributed by atoms with Crippen LogP contribution in [0.25, 0.3) is 0 Å². The molecule has 0 aliphatic carbocycles. The lowest BCUT2D eigenvalue weighted by Gasteiger charge is -2.05. The van der Waals surface area contributed by atoms with Gasteiger partial charge in [0, 0.05) is 0 Å². The number of hydrogen-bond donors (Lipinski definition) is 0. The average Bonchev–Trinajstić information content (AvgIpc) is 2.47. The minimum atomic E-state index is -0.210. The predicted octanol–water partition coefficient (Wildman–Crippen LogP) is 4.47. The lowest BCUT2D eigenvalue weighted by Crippen LogP contribution is -2.08. The minimum absolute atomic E-state index is 0.210. The van der Waals surface area contributed by atoms with Crippen LogP contribution < -0.4 is 4.74 Å². The highest BCUT2D eigenvalue weighted by Crippen LogP contribution is 2.12. The third-order valence-electron chi connectivity index (χ3n) is 3.27. The summed E-state index contributed by atoms with van der Waals surface area (Å²) < 4.78 is 10.3. The van der Waals surface area contributed by atoms with Crippen molar-refractivity contribution in [3.8, 4) is 5.75 Å². The van der Waals surface area contributed by atoms with Gasteiger partial charge >= 0.3 is 5.97 Å². The minimum Gasteiger partial charge on any atom is -0.497 e. The molecule has 1 rings (SSSR count). The van der Waals surface area contributed by atoms with Gasteiger partial charge in [-0.05, 0) is 57.4 Å². The van der Waals surface area contributed by atoms with Crippen molar-refractivity contribution in [2.45, 2.75) is 40.0 Å². The first-order chi connectivity index (χ1) is 10.5. The molecule has 0 radical (unpaired) electrons. The van der Waals surface area contributed by atoms with Gasteiger partial charge in [0.1, 0.15) is 12.4 Å². The number of carbonyl (C=O) groups is 1. The molecule has 1 aromatic carbocycles. The second kappa shape index (κ2) is 9.82. The van der Waals surface area contributed by atoms with Crippen LogP contribution in [0.1, 0.15) is 39.2 Å². The second-order valence-electron chi connectivity index (χ2n) is 5.58. The first kappa shape index (κ1) is 18.0.